The van der Waals surface area contributed by atoms with Crippen LogP contribution in [0.5, 0.6) is 0 Å². The molecule has 7 aromatic carbocycles. The van der Waals surface area contributed by atoms with Crippen LogP contribution in [0.2, 0.25) is 0 Å². The van der Waals surface area contributed by atoms with Gasteiger partial charge in [-0.3, -0.25) is 0 Å². The second-order valence-electron chi connectivity index (χ2n) is 11.4. The zero-order valence-corrected chi connectivity index (χ0v) is 24.5. The van der Waals surface area contributed by atoms with E-state index in [1.807, 2.05) is 6.07 Å². The summed E-state index contributed by atoms with van der Waals surface area (Å²) in [7, 11) is 0. The maximum absolute atomic E-state index is 6.71. The van der Waals surface area contributed by atoms with Gasteiger partial charge < -0.3 is 13.9 Å². The van der Waals surface area contributed by atoms with Crippen LogP contribution in [-0.2, 0) is 0 Å². The lowest BCUT2D eigenvalue weighted by molar-refractivity contribution is 0.673. The fourth-order valence-electron chi connectivity index (χ4n) is 6.77. The Hall–Kier alpha value is -6.06. The number of aromatic nitrogens is 1. The van der Waals surface area contributed by atoms with E-state index in [0.29, 0.717) is 0 Å². The van der Waals surface area contributed by atoms with Gasteiger partial charge in [-0.2, -0.15) is 0 Å². The Morgan fingerprint density at radius 3 is 1.71 bits per heavy atom. The summed E-state index contributed by atoms with van der Waals surface area (Å²) in [5.41, 5.74) is 10.8. The topological polar surface area (TPSA) is 21.3 Å². The van der Waals surface area contributed by atoms with Crippen molar-refractivity contribution in [1.29, 1.82) is 0 Å². The van der Waals surface area contributed by atoms with Gasteiger partial charge in [-0.05, 0) is 65.7 Å². The van der Waals surface area contributed by atoms with Crippen LogP contribution in [-0.4, -0.2) is 4.57 Å². The summed E-state index contributed by atoms with van der Waals surface area (Å²) >= 11 is 0. The van der Waals surface area contributed by atoms with Gasteiger partial charge in [-0.1, -0.05) is 115 Å². The molecule has 3 nitrogen and oxygen atoms in total. The monoisotopic (exact) mass is 576 g/mol. The second kappa shape index (κ2) is 10.3. The first-order chi connectivity index (χ1) is 22.3. The minimum atomic E-state index is 0.890. The van der Waals surface area contributed by atoms with Gasteiger partial charge in [0.1, 0.15) is 11.2 Å². The number of benzene rings is 7. The molecule has 2 heterocycles. The Morgan fingerprint density at radius 1 is 0.467 bits per heavy atom. The molecule has 0 aliphatic carbocycles. The van der Waals surface area contributed by atoms with Crippen molar-refractivity contribution in [1.82, 2.24) is 4.57 Å². The number of hydrogen-bond acceptors (Lipinski definition) is 2. The molecular formula is C42H28N2O. The Labute approximate surface area is 260 Å². The fourth-order valence-corrected chi connectivity index (χ4v) is 6.77. The van der Waals surface area contributed by atoms with Crippen LogP contribution in [0.25, 0.3) is 60.6 Å². The van der Waals surface area contributed by atoms with E-state index in [9.17, 15) is 0 Å². The second-order valence-corrected chi connectivity index (χ2v) is 11.4. The van der Waals surface area contributed by atoms with Crippen LogP contribution in [0.3, 0.4) is 0 Å². The van der Waals surface area contributed by atoms with E-state index in [-0.39, 0.29) is 0 Å². The average Bonchev–Trinajstić information content (AvgIpc) is 3.66. The van der Waals surface area contributed by atoms with Gasteiger partial charge >= 0.3 is 0 Å². The van der Waals surface area contributed by atoms with Gasteiger partial charge in [0.15, 0.2) is 0 Å². The van der Waals surface area contributed by atoms with Crippen LogP contribution in [0, 0.1) is 0 Å². The average molecular weight is 577 g/mol. The lowest BCUT2D eigenvalue weighted by Crippen LogP contribution is -2.11. The molecule has 9 aromatic rings. The number of rotatable bonds is 5. The van der Waals surface area contributed by atoms with Crippen LogP contribution in [0.1, 0.15) is 0 Å². The summed E-state index contributed by atoms with van der Waals surface area (Å²) in [6.45, 7) is 0. The molecule has 3 heteroatoms. The fraction of sp³-hybridized carbons (Fsp3) is 0. The third kappa shape index (κ3) is 4.05. The van der Waals surface area contributed by atoms with Gasteiger partial charge in [0, 0.05) is 33.2 Å². The number of para-hydroxylation sites is 4. The van der Waals surface area contributed by atoms with E-state index in [1.165, 1.54) is 11.1 Å². The van der Waals surface area contributed by atoms with Crippen molar-refractivity contribution >= 4 is 60.8 Å². The van der Waals surface area contributed by atoms with Crippen molar-refractivity contribution in [2.45, 2.75) is 0 Å². The van der Waals surface area contributed by atoms with Gasteiger partial charge in [0.2, 0.25) is 0 Å². The van der Waals surface area contributed by atoms with Crippen molar-refractivity contribution in [2.75, 3.05) is 4.90 Å². The lowest BCUT2D eigenvalue weighted by Gasteiger charge is -2.27. The van der Waals surface area contributed by atoms with Crippen LogP contribution in [0.15, 0.2) is 174 Å². The highest BCUT2D eigenvalue weighted by Gasteiger charge is 2.26. The molecule has 0 saturated carbocycles. The predicted molar refractivity (Wildman–Crippen MR) is 188 cm³/mol. The summed E-state index contributed by atoms with van der Waals surface area (Å²) < 4.78 is 9.12. The zero-order valence-electron chi connectivity index (χ0n) is 24.5. The molecule has 0 unspecified atom stereocenters. The molecule has 45 heavy (non-hydrogen) atoms. The first-order valence-corrected chi connectivity index (χ1v) is 15.3. The lowest BCUT2D eigenvalue weighted by atomic mass is 10.0. The van der Waals surface area contributed by atoms with Crippen LogP contribution >= 0.6 is 0 Å². The van der Waals surface area contributed by atoms with Crippen molar-refractivity contribution in [3.63, 3.8) is 0 Å². The summed E-state index contributed by atoms with van der Waals surface area (Å²) in [6, 6.07) is 60.1. The van der Waals surface area contributed by atoms with Crippen molar-refractivity contribution in [3.05, 3.63) is 170 Å². The Bertz CT molecular complexity index is 2420. The van der Waals surface area contributed by atoms with Gasteiger partial charge in [0.25, 0.3) is 0 Å². The summed E-state index contributed by atoms with van der Waals surface area (Å²) in [6.07, 6.45) is 0. The van der Waals surface area contributed by atoms with Gasteiger partial charge in [-0.15, -0.1) is 0 Å². The van der Waals surface area contributed by atoms with E-state index in [0.717, 1.165) is 66.5 Å². The highest BCUT2D eigenvalue weighted by molar-refractivity contribution is 6.27. The first kappa shape index (κ1) is 25.4. The Kier molecular flexibility index (Phi) is 5.82. The van der Waals surface area contributed by atoms with Crippen molar-refractivity contribution in [2.24, 2.45) is 0 Å². The number of anilines is 3. The predicted octanol–water partition coefficient (Wildman–Crippen LogP) is 11.8. The number of fused-ring (bicyclic) bond motifs is 7. The van der Waals surface area contributed by atoms with E-state index < -0.39 is 0 Å². The molecule has 0 atom stereocenters. The van der Waals surface area contributed by atoms with E-state index >= 15 is 0 Å². The third-order valence-corrected chi connectivity index (χ3v) is 8.76. The zero-order chi connectivity index (χ0) is 29.7. The molecule has 0 fully saturated rings. The Morgan fingerprint density at radius 2 is 1.02 bits per heavy atom. The van der Waals surface area contributed by atoms with Gasteiger partial charge in [0.05, 0.1) is 22.1 Å². The highest BCUT2D eigenvalue weighted by atomic mass is 16.3. The molecule has 212 valence electrons. The summed E-state index contributed by atoms with van der Waals surface area (Å²) in [5.74, 6) is 0. The molecule has 2 aromatic heterocycles. The van der Waals surface area contributed by atoms with E-state index in [1.54, 1.807) is 0 Å². The normalized spacial score (nSPS) is 11.6. The number of hydrogen-bond donors (Lipinski definition) is 0. The maximum Gasteiger partial charge on any atom is 0.145 e. The summed E-state index contributed by atoms with van der Waals surface area (Å²) in [5, 5.41) is 4.48. The van der Waals surface area contributed by atoms with Gasteiger partial charge in [-0.25, -0.2) is 0 Å². The molecule has 0 saturated heterocycles. The first-order valence-electron chi connectivity index (χ1n) is 15.3. The molecule has 0 spiro atoms. The SMILES string of the molecule is c1ccc(-c2ccc(-n3c4ccccc4c4c5oc6ccccc6c5cc(N(c5ccccc5)c5ccccc5)c43)cc2)cc1. The van der Waals surface area contributed by atoms with Crippen LogP contribution in [0.4, 0.5) is 17.1 Å². The van der Waals surface area contributed by atoms with Crippen LogP contribution < -0.4 is 4.90 Å². The molecule has 0 radical (unpaired) electrons. The minimum Gasteiger partial charge on any atom is -0.455 e. The number of furan rings is 1. The number of nitrogens with zero attached hydrogens (tertiary/aromatic N) is 2. The highest BCUT2D eigenvalue weighted by Crippen LogP contribution is 2.48. The molecule has 9 rings (SSSR count). The smallest absolute Gasteiger partial charge is 0.145 e. The van der Waals surface area contributed by atoms with Crippen molar-refractivity contribution in [3.8, 4) is 16.8 Å². The molecule has 0 aliphatic rings. The minimum absolute atomic E-state index is 0.890. The van der Waals surface area contributed by atoms with E-state index in [4.69, 9.17) is 4.42 Å². The molecule has 0 N–H and O–H groups in total. The third-order valence-electron chi connectivity index (χ3n) is 8.76. The molecule has 0 aliphatic heterocycles. The standard InChI is InChI=1S/C42H28N2O/c1-4-14-29(15-5-1)30-24-26-33(27-25-30)44-37-22-12-10-21-35(37)40-41(44)38(28-36-34-20-11-13-23-39(34)45-42(36)40)43(31-16-6-2-7-17-31)32-18-8-3-9-19-32/h1-28H. The molecular weight excluding hydrogens is 548 g/mol. The molecule has 0 bridgehead atoms. The van der Waals surface area contributed by atoms with E-state index in [2.05, 4.69) is 173 Å². The largest absolute Gasteiger partial charge is 0.455 e. The molecule has 0 amide bonds. The summed E-state index contributed by atoms with van der Waals surface area (Å²) in [4.78, 5) is 2.37. The Balaban J connectivity index is 1.44. The quantitative estimate of drug-likeness (QED) is 0.203. The maximum atomic E-state index is 6.71. The van der Waals surface area contributed by atoms with Crippen molar-refractivity contribution < 1.29 is 4.42 Å².